The highest BCUT2D eigenvalue weighted by Gasteiger charge is 2.20. The van der Waals surface area contributed by atoms with Crippen LogP contribution in [-0.4, -0.2) is 9.55 Å². The maximum atomic E-state index is 5.09. The van der Waals surface area contributed by atoms with E-state index in [0.717, 1.165) is 11.3 Å². The van der Waals surface area contributed by atoms with Crippen LogP contribution in [-0.2, 0) is 0 Å². The largest absolute Gasteiger partial charge is 0.325 e. The molecule has 0 aliphatic carbocycles. The second-order valence-electron chi connectivity index (χ2n) is 15.5. The highest BCUT2D eigenvalue weighted by atomic mass is 15.1. The average Bonchev–Trinajstić information content (AvgIpc) is 3.62. The summed E-state index contributed by atoms with van der Waals surface area (Å²) in [5, 5.41) is 10.0. The Morgan fingerprint density at radius 3 is 1.67 bits per heavy atom. The molecule has 10 rings (SSSR count). The van der Waals surface area contributed by atoms with E-state index in [1.54, 1.807) is 0 Å². The first-order valence-corrected chi connectivity index (χ1v) is 19.5. The smallest absolute Gasteiger partial charge is 0.112 e. The molecule has 9 aromatic carbocycles. The summed E-state index contributed by atoms with van der Waals surface area (Å²) in [7, 11) is 0. The van der Waals surface area contributed by atoms with Crippen LogP contribution >= 0.6 is 0 Å². The third-order valence-electron chi connectivity index (χ3n) is 11.4. The summed E-state index contributed by atoms with van der Waals surface area (Å²) in [5.74, 6) is 1.52. The van der Waals surface area contributed by atoms with Gasteiger partial charge < -0.3 is 4.57 Å². The standard InChI is InChI=1S/C53H42N2/c1-33(2)53-54-49-32-42(26-28-50(49)55(53)34(3)4)40-24-22-37-29-39(23-21-38(37)30-40)41-25-27-47-48(31-41)51(36-14-6-5-7-15-36)45-18-10-11-19-46(45)52(47)44-20-12-16-35-13-8-9-17-43(35)44/h5-34H,1-4H3. The fraction of sp³-hybridized carbons (Fsp3) is 0.113. The first-order chi connectivity index (χ1) is 26.9. The second kappa shape index (κ2) is 13.1. The number of nitrogens with zero attached hydrogens (tertiary/aromatic N) is 2. The lowest BCUT2D eigenvalue weighted by atomic mass is 9.83. The van der Waals surface area contributed by atoms with E-state index in [-0.39, 0.29) is 0 Å². The minimum atomic E-state index is 0.362. The van der Waals surface area contributed by atoms with Gasteiger partial charge in [-0.2, -0.15) is 0 Å². The molecule has 0 saturated heterocycles. The molecule has 0 saturated carbocycles. The van der Waals surface area contributed by atoms with Gasteiger partial charge in [0.15, 0.2) is 0 Å². The van der Waals surface area contributed by atoms with Gasteiger partial charge in [-0.15, -0.1) is 0 Å². The Morgan fingerprint density at radius 1 is 0.400 bits per heavy atom. The van der Waals surface area contributed by atoms with Gasteiger partial charge in [0.1, 0.15) is 5.82 Å². The number of rotatable bonds is 6. The lowest BCUT2D eigenvalue weighted by molar-refractivity contribution is 0.564. The van der Waals surface area contributed by atoms with E-state index in [4.69, 9.17) is 4.98 Å². The van der Waals surface area contributed by atoms with Crippen LogP contribution in [0.1, 0.15) is 45.5 Å². The molecule has 0 amide bonds. The van der Waals surface area contributed by atoms with Gasteiger partial charge in [-0.1, -0.05) is 153 Å². The van der Waals surface area contributed by atoms with Crippen molar-refractivity contribution in [3.63, 3.8) is 0 Å². The monoisotopic (exact) mass is 706 g/mol. The van der Waals surface area contributed by atoms with Gasteiger partial charge in [0.25, 0.3) is 0 Å². The molecule has 0 atom stereocenters. The van der Waals surface area contributed by atoms with E-state index in [0.29, 0.717) is 12.0 Å². The predicted octanol–water partition coefficient (Wildman–Crippen LogP) is 15.0. The van der Waals surface area contributed by atoms with E-state index >= 15 is 0 Å². The van der Waals surface area contributed by atoms with Crippen molar-refractivity contribution in [2.75, 3.05) is 0 Å². The zero-order chi connectivity index (χ0) is 37.2. The summed E-state index contributed by atoms with van der Waals surface area (Å²) < 4.78 is 2.38. The SMILES string of the molecule is CC(C)c1nc2cc(-c3ccc4cc(-c5ccc6c(-c7cccc8ccccc78)c7ccccc7c(-c7ccccc7)c6c5)ccc4c3)ccc2n1C(C)C. The number of aromatic nitrogens is 2. The summed E-state index contributed by atoms with van der Waals surface area (Å²) in [5.41, 5.74) is 12.1. The Morgan fingerprint density at radius 2 is 0.964 bits per heavy atom. The molecule has 0 aliphatic rings. The highest BCUT2D eigenvalue weighted by Crippen LogP contribution is 2.46. The molecule has 0 radical (unpaired) electrons. The lowest BCUT2D eigenvalue weighted by Crippen LogP contribution is -2.07. The molecule has 264 valence electrons. The summed E-state index contributed by atoms with van der Waals surface area (Å²) in [6.45, 7) is 8.93. The Kier molecular flexibility index (Phi) is 7.89. The molecular formula is C53H42N2. The third kappa shape index (κ3) is 5.51. The predicted molar refractivity (Wildman–Crippen MR) is 236 cm³/mol. The van der Waals surface area contributed by atoms with Crippen LogP contribution in [0.5, 0.6) is 0 Å². The summed E-state index contributed by atoms with van der Waals surface area (Å²) >= 11 is 0. The molecule has 0 N–H and O–H groups in total. The van der Waals surface area contributed by atoms with Gasteiger partial charge in [0.05, 0.1) is 11.0 Å². The number of hydrogen-bond acceptors (Lipinski definition) is 1. The van der Waals surface area contributed by atoms with Crippen molar-refractivity contribution in [1.29, 1.82) is 0 Å². The molecule has 0 fully saturated rings. The van der Waals surface area contributed by atoms with Gasteiger partial charge in [-0.25, -0.2) is 4.98 Å². The molecule has 10 aromatic rings. The Labute approximate surface area is 322 Å². The lowest BCUT2D eigenvalue weighted by Gasteiger charge is -2.19. The third-order valence-corrected chi connectivity index (χ3v) is 11.4. The van der Waals surface area contributed by atoms with Crippen molar-refractivity contribution in [3.8, 4) is 44.5 Å². The maximum absolute atomic E-state index is 5.09. The highest BCUT2D eigenvalue weighted by molar-refractivity contribution is 6.24. The van der Waals surface area contributed by atoms with Crippen LogP contribution in [0.15, 0.2) is 170 Å². The second-order valence-corrected chi connectivity index (χ2v) is 15.5. The Balaban J connectivity index is 1.12. The van der Waals surface area contributed by atoms with Gasteiger partial charge in [-0.05, 0) is 132 Å². The van der Waals surface area contributed by atoms with Crippen LogP contribution in [0.4, 0.5) is 0 Å². The first kappa shape index (κ1) is 33.1. The number of benzene rings is 9. The van der Waals surface area contributed by atoms with Crippen LogP contribution in [0.3, 0.4) is 0 Å². The van der Waals surface area contributed by atoms with Crippen molar-refractivity contribution >= 4 is 54.1 Å². The molecule has 2 nitrogen and oxygen atoms in total. The quantitative estimate of drug-likeness (QED) is 0.157. The molecule has 0 unspecified atom stereocenters. The fourth-order valence-electron chi connectivity index (χ4n) is 8.86. The topological polar surface area (TPSA) is 17.8 Å². The van der Waals surface area contributed by atoms with Crippen molar-refractivity contribution in [2.24, 2.45) is 0 Å². The zero-order valence-electron chi connectivity index (χ0n) is 31.7. The normalized spacial score (nSPS) is 12.0. The molecule has 2 heteroatoms. The molecule has 0 spiro atoms. The minimum absolute atomic E-state index is 0.362. The first-order valence-electron chi connectivity index (χ1n) is 19.5. The average molecular weight is 707 g/mol. The summed E-state index contributed by atoms with van der Waals surface area (Å²) in [4.78, 5) is 5.09. The Bertz CT molecular complexity index is 3090. The Hall–Kier alpha value is -6.51. The van der Waals surface area contributed by atoms with E-state index in [1.807, 2.05) is 0 Å². The molecular weight excluding hydrogens is 665 g/mol. The van der Waals surface area contributed by atoms with Crippen LogP contribution in [0.25, 0.3) is 98.6 Å². The molecule has 1 heterocycles. The fourth-order valence-corrected chi connectivity index (χ4v) is 8.86. The van der Waals surface area contributed by atoms with E-state index < -0.39 is 0 Å². The molecule has 1 aromatic heterocycles. The van der Waals surface area contributed by atoms with Crippen LogP contribution in [0, 0.1) is 0 Å². The number of hydrogen-bond donors (Lipinski definition) is 0. The molecule has 0 bridgehead atoms. The molecule has 55 heavy (non-hydrogen) atoms. The maximum Gasteiger partial charge on any atom is 0.112 e. The van der Waals surface area contributed by atoms with Crippen molar-refractivity contribution in [2.45, 2.75) is 39.7 Å². The van der Waals surface area contributed by atoms with E-state index in [2.05, 4.69) is 202 Å². The van der Waals surface area contributed by atoms with E-state index in [1.165, 1.54) is 93.1 Å². The number of imidazole rings is 1. The zero-order valence-corrected chi connectivity index (χ0v) is 31.7. The van der Waals surface area contributed by atoms with Crippen LogP contribution < -0.4 is 0 Å². The van der Waals surface area contributed by atoms with E-state index in [9.17, 15) is 0 Å². The summed E-state index contributed by atoms with van der Waals surface area (Å²) in [6, 6.07) is 63.2. The van der Waals surface area contributed by atoms with Gasteiger partial charge in [0, 0.05) is 12.0 Å². The minimum Gasteiger partial charge on any atom is -0.325 e. The van der Waals surface area contributed by atoms with Gasteiger partial charge in [0.2, 0.25) is 0 Å². The molecule has 0 aliphatic heterocycles. The van der Waals surface area contributed by atoms with Crippen molar-refractivity contribution < 1.29 is 0 Å². The van der Waals surface area contributed by atoms with Gasteiger partial charge in [-0.3, -0.25) is 0 Å². The summed E-state index contributed by atoms with van der Waals surface area (Å²) in [6.07, 6.45) is 0. The van der Waals surface area contributed by atoms with Gasteiger partial charge >= 0.3 is 0 Å². The number of fused-ring (bicyclic) bond motifs is 5. The van der Waals surface area contributed by atoms with Crippen molar-refractivity contribution in [3.05, 3.63) is 176 Å². The van der Waals surface area contributed by atoms with Crippen LogP contribution in [0.2, 0.25) is 0 Å². The van der Waals surface area contributed by atoms with Crippen molar-refractivity contribution in [1.82, 2.24) is 9.55 Å².